The molecule has 1 aliphatic carbocycles. The largest absolute Gasteiger partial charge is 0.444 e. The Morgan fingerprint density at radius 2 is 1.86 bits per heavy atom. The van der Waals surface area contributed by atoms with E-state index in [1.807, 2.05) is 20.8 Å². The van der Waals surface area contributed by atoms with Crippen molar-refractivity contribution in [1.82, 2.24) is 30.0 Å². The highest BCUT2D eigenvalue weighted by Crippen LogP contribution is 2.31. The smallest absolute Gasteiger partial charge is 0.407 e. The minimum atomic E-state index is -0.545. The molecule has 0 unspecified atom stereocenters. The number of aromatic nitrogens is 5. The van der Waals surface area contributed by atoms with Crippen LogP contribution in [0, 0.1) is 16.0 Å². The van der Waals surface area contributed by atoms with Crippen molar-refractivity contribution in [3.63, 3.8) is 0 Å². The van der Waals surface area contributed by atoms with Crippen LogP contribution in [0.4, 0.5) is 28.2 Å². The molecule has 0 spiro atoms. The fourth-order valence-electron chi connectivity index (χ4n) is 5.60. The molecule has 2 N–H and O–H groups in total. The van der Waals surface area contributed by atoms with E-state index in [-0.39, 0.29) is 23.9 Å². The summed E-state index contributed by atoms with van der Waals surface area (Å²) in [5.74, 6) is 1.77. The van der Waals surface area contributed by atoms with E-state index in [9.17, 15) is 14.9 Å². The Morgan fingerprint density at radius 3 is 2.52 bits per heavy atom. The van der Waals surface area contributed by atoms with E-state index in [1.54, 1.807) is 30.1 Å². The Hall–Kier alpha value is -4.07. The average molecular weight is 582 g/mol. The van der Waals surface area contributed by atoms with Gasteiger partial charge in [-0.2, -0.15) is 9.67 Å². The third-order valence-electron chi connectivity index (χ3n) is 7.75. The van der Waals surface area contributed by atoms with Crippen molar-refractivity contribution in [3.8, 4) is 0 Å². The van der Waals surface area contributed by atoms with Crippen LogP contribution in [0.3, 0.4) is 0 Å². The number of carbonyl (C=O) groups is 1. The van der Waals surface area contributed by atoms with E-state index in [2.05, 4.69) is 35.6 Å². The van der Waals surface area contributed by atoms with Crippen molar-refractivity contribution in [2.24, 2.45) is 5.92 Å². The molecule has 1 amide bonds. The van der Waals surface area contributed by atoms with E-state index < -0.39 is 16.6 Å². The lowest BCUT2D eigenvalue weighted by Gasteiger charge is -2.31. The van der Waals surface area contributed by atoms with Crippen molar-refractivity contribution in [2.75, 3.05) is 30.4 Å². The molecule has 2 aliphatic rings. The van der Waals surface area contributed by atoms with E-state index in [0.717, 1.165) is 51.6 Å². The summed E-state index contributed by atoms with van der Waals surface area (Å²) in [5.41, 5.74) is 0.0842. The van der Waals surface area contributed by atoms with Crippen LogP contribution in [-0.2, 0) is 16.0 Å². The number of ether oxygens (including phenoxy) is 2. The van der Waals surface area contributed by atoms with E-state index in [4.69, 9.17) is 9.47 Å². The molecular weight excluding hydrogens is 542 g/mol. The summed E-state index contributed by atoms with van der Waals surface area (Å²) in [5, 5.41) is 22.7. The van der Waals surface area contributed by atoms with E-state index in [1.165, 1.54) is 6.20 Å². The zero-order valence-corrected chi connectivity index (χ0v) is 24.6. The summed E-state index contributed by atoms with van der Waals surface area (Å²) in [7, 11) is 1.74. The Labute approximate surface area is 244 Å². The average Bonchev–Trinajstić information content (AvgIpc) is 3.31. The number of piperidine rings is 1. The number of hydrogen-bond donors (Lipinski definition) is 2. The zero-order chi connectivity index (χ0) is 29.9. The second-order valence-electron chi connectivity index (χ2n) is 12.0. The monoisotopic (exact) mass is 581 g/mol. The minimum absolute atomic E-state index is 0.0453. The van der Waals surface area contributed by atoms with Crippen LogP contribution in [0.5, 0.6) is 0 Å². The lowest BCUT2D eigenvalue weighted by Crippen LogP contribution is -2.41. The quantitative estimate of drug-likeness (QED) is 0.283. The third-order valence-corrected chi connectivity index (χ3v) is 7.75. The van der Waals surface area contributed by atoms with Crippen LogP contribution in [-0.4, -0.2) is 73.7 Å². The highest BCUT2D eigenvalue weighted by Gasteiger charge is 2.29. The summed E-state index contributed by atoms with van der Waals surface area (Å²) in [6, 6.07) is 3.58. The normalized spacial score (nSPS) is 20.0. The fourth-order valence-corrected chi connectivity index (χ4v) is 5.60. The minimum Gasteiger partial charge on any atom is -0.444 e. The second-order valence-corrected chi connectivity index (χ2v) is 12.0. The van der Waals surface area contributed by atoms with Gasteiger partial charge in [0.2, 0.25) is 5.95 Å². The highest BCUT2D eigenvalue weighted by molar-refractivity contribution is 5.88. The highest BCUT2D eigenvalue weighted by atomic mass is 16.6. The van der Waals surface area contributed by atoms with E-state index >= 15 is 0 Å². The molecule has 3 aromatic rings. The predicted molar refractivity (Wildman–Crippen MR) is 157 cm³/mol. The predicted octanol–water partition coefficient (Wildman–Crippen LogP) is 4.57. The molecule has 2 fully saturated rings. The molecule has 0 atom stereocenters. The Morgan fingerprint density at radius 1 is 1.12 bits per heavy atom. The molecule has 226 valence electrons. The maximum absolute atomic E-state index is 12.2. The molecule has 0 radical (unpaired) electrons. The number of anilines is 3. The van der Waals surface area contributed by atoms with Gasteiger partial charge in [0.1, 0.15) is 28.1 Å². The van der Waals surface area contributed by atoms with Crippen molar-refractivity contribution in [2.45, 2.75) is 83.6 Å². The summed E-state index contributed by atoms with van der Waals surface area (Å²) >= 11 is 0. The van der Waals surface area contributed by atoms with Gasteiger partial charge in [-0.25, -0.2) is 14.8 Å². The zero-order valence-electron chi connectivity index (χ0n) is 24.6. The first-order valence-corrected chi connectivity index (χ1v) is 14.5. The molecular formula is C28H39N9O5. The SMILES string of the molecule is COC1CCN(c2nccc(Nc3cc4c(cn3)c([N+](=O)[O-])nn4C[C@H]3CC[C@H](NC(=O)OC(C)(C)C)CC3)n2)CC1. The van der Waals surface area contributed by atoms with Gasteiger partial charge in [0, 0.05) is 44.7 Å². The number of pyridine rings is 1. The van der Waals surface area contributed by atoms with Crippen molar-refractivity contribution < 1.29 is 19.2 Å². The Kier molecular flexibility index (Phi) is 8.71. The standard InChI is InChI=1S/C28H39N9O5/c1-28(2,3)42-27(38)31-19-7-5-18(6-8-19)17-36-22-15-24(30-16-21(22)25(34-36)37(39)40)32-23-9-12-29-26(33-23)35-13-10-20(41-4)11-14-35/h9,12,15-16,18-20H,5-8,10-11,13-14,17H2,1-4H3,(H,31,38)(H,29,30,32,33)/t18-,19-. The number of hydrogen-bond acceptors (Lipinski definition) is 11. The number of rotatable bonds is 8. The molecule has 1 saturated carbocycles. The summed E-state index contributed by atoms with van der Waals surface area (Å²) in [6.45, 7) is 7.67. The number of nitrogens with zero attached hydrogens (tertiary/aromatic N) is 7. The maximum atomic E-state index is 12.2. The number of carbonyl (C=O) groups excluding carboxylic acids is 1. The van der Waals surface area contributed by atoms with Crippen LogP contribution in [0.25, 0.3) is 10.9 Å². The van der Waals surface area contributed by atoms with Gasteiger partial charge in [0.25, 0.3) is 0 Å². The first kappa shape index (κ1) is 29.4. The molecule has 0 aromatic carbocycles. The second kappa shape index (κ2) is 12.4. The molecule has 4 heterocycles. The summed E-state index contributed by atoms with van der Waals surface area (Å²) in [4.78, 5) is 39.1. The van der Waals surface area contributed by atoms with Gasteiger partial charge in [-0.1, -0.05) is 0 Å². The lowest BCUT2D eigenvalue weighted by molar-refractivity contribution is -0.388. The molecule has 3 aromatic heterocycles. The first-order valence-electron chi connectivity index (χ1n) is 14.5. The molecule has 0 bridgehead atoms. The lowest BCUT2D eigenvalue weighted by atomic mass is 9.86. The molecule has 14 heteroatoms. The summed E-state index contributed by atoms with van der Waals surface area (Å²) < 4.78 is 12.5. The Bertz CT molecular complexity index is 1410. The number of nitrogens with one attached hydrogen (secondary N) is 2. The van der Waals surface area contributed by atoms with E-state index in [0.29, 0.717) is 35.0 Å². The number of methoxy groups -OCH3 is 1. The van der Waals surface area contributed by atoms with Crippen molar-refractivity contribution in [3.05, 3.63) is 34.6 Å². The molecule has 1 aliphatic heterocycles. The van der Waals surface area contributed by atoms with Gasteiger partial charge in [-0.05, 0) is 76.2 Å². The summed E-state index contributed by atoms with van der Waals surface area (Å²) in [6.07, 6.45) is 8.20. The number of nitro groups is 1. The van der Waals surface area contributed by atoms with Crippen LogP contribution < -0.4 is 15.5 Å². The number of alkyl carbamates (subject to hydrolysis) is 1. The van der Waals surface area contributed by atoms with Crippen LogP contribution in [0.2, 0.25) is 0 Å². The van der Waals surface area contributed by atoms with Crippen LogP contribution in [0.1, 0.15) is 59.3 Å². The first-order chi connectivity index (χ1) is 20.1. The molecule has 14 nitrogen and oxygen atoms in total. The Balaban J connectivity index is 1.27. The topological polar surface area (TPSA) is 162 Å². The van der Waals surface area contributed by atoms with Crippen LogP contribution in [0.15, 0.2) is 24.5 Å². The fraction of sp³-hybridized carbons (Fsp3) is 0.607. The molecule has 1 saturated heterocycles. The van der Waals surface area contributed by atoms with Gasteiger partial charge in [0.05, 0.1) is 17.7 Å². The van der Waals surface area contributed by atoms with Gasteiger partial charge in [-0.15, -0.1) is 0 Å². The third kappa shape index (κ3) is 7.22. The molecule has 5 rings (SSSR count). The van der Waals surface area contributed by atoms with Gasteiger partial charge < -0.3 is 35.1 Å². The number of fused-ring (bicyclic) bond motifs is 1. The van der Waals surface area contributed by atoms with Gasteiger partial charge >= 0.3 is 11.9 Å². The molecule has 42 heavy (non-hydrogen) atoms. The van der Waals surface area contributed by atoms with Gasteiger partial charge in [-0.3, -0.25) is 0 Å². The number of amides is 1. The van der Waals surface area contributed by atoms with Crippen molar-refractivity contribution in [1.29, 1.82) is 0 Å². The van der Waals surface area contributed by atoms with Gasteiger partial charge in [0.15, 0.2) is 0 Å². The van der Waals surface area contributed by atoms with Crippen LogP contribution >= 0.6 is 0 Å². The van der Waals surface area contributed by atoms with Crippen molar-refractivity contribution >= 4 is 40.4 Å². The maximum Gasteiger partial charge on any atom is 0.407 e.